The van der Waals surface area contributed by atoms with Gasteiger partial charge in [0, 0.05) is 214 Å². The van der Waals surface area contributed by atoms with Crippen LogP contribution in [0.15, 0.2) is 0 Å². The van der Waals surface area contributed by atoms with Crippen LogP contribution in [0.5, 0.6) is 0 Å². The normalized spacial score (nSPS) is 41.2. The van der Waals surface area contributed by atoms with Crippen LogP contribution in [0.1, 0.15) is 261 Å². The molecule has 0 aliphatic heterocycles. The van der Waals surface area contributed by atoms with E-state index >= 15 is 0 Å². The van der Waals surface area contributed by atoms with E-state index in [1.54, 1.807) is 0 Å². The Kier molecular flexibility index (Phi) is 54.0. The molecule has 16 atom stereocenters. The molecule has 0 heterocycles. The number of nitrogens with two attached hydrogens (primary N) is 6. The van der Waals surface area contributed by atoms with Crippen LogP contribution in [-0.2, 0) is 161 Å². The third kappa shape index (κ3) is 21.0. The smallest absolute Gasteiger partial charge is 0.0110 e. The zero-order valence-electron chi connectivity index (χ0n) is 47.9. The molecule has 6 spiro atoms. The van der Waals surface area contributed by atoms with E-state index in [0.717, 1.165) is 38.5 Å². The predicted molar refractivity (Wildman–Crippen MR) is 325 cm³/mol. The van der Waals surface area contributed by atoms with Crippen molar-refractivity contribution in [3.63, 3.8) is 0 Å². The average Bonchev–Trinajstić information content (AvgIpc) is 4.13. The van der Waals surface area contributed by atoms with Gasteiger partial charge in [0.15, 0.2) is 0 Å². The SMILES string of the molecule is C.C.C.C.NC1CCCC12CCCC2N.N[C@@H]1CCCC12CCC[C@@H]2N.N[C@H]1CCCC12CCC[C@@H]2N.[CH2-]C1CCCC12CCCC2[NH-].[CH2-][C@H]1CCC[C@]12CCC[C@@H]2[NH-].[CH3-].[CH3-].[CH3-].[NH-][C@@H]1CCCC12CCC[C@@H]2[NH-].[Pt].[Pt].[Pt].[Y].[Y].[Y]. The Morgan fingerprint density at radius 2 is 0.392 bits per heavy atom. The van der Waals surface area contributed by atoms with Gasteiger partial charge < -0.3 is 93.5 Å². The van der Waals surface area contributed by atoms with Crippen LogP contribution in [0.3, 0.4) is 0 Å². The van der Waals surface area contributed by atoms with E-state index in [1.807, 2.05) is 0 Å². The van der Waals surface area contributed by atoms with Crippen LogP contribution < -0.4 is 34.4 Å². The zero-order valence-corrected chi connectivity index (χ0v) is 63.3. The molecule has 12 saturated carbocycles. The predicted octanol–water partition coefficient (Wildman–Crippen LogP) is 16.5. The molecule has 0 bridgehead atoms. The van der Waals surface area contributed by atoms with Crippen LogP contribution in [0.4, 0.5) is 0 Å². The van der Waals surface area contributed by atoms with Crippen LogP contribution in [0, 0.1) is 80.5 Å². The zero-order chi connectivity index (χ0) is 47.4. The summed E-state index contributed by atoms with van der Waals surface area (Å²) in [7, 11) is 0. The Labute approximate surface area is 612 Å². The van der Waals surface area contributed by atoms with Crippen molar-refractivity contribution in [1.29, 1.82) is 0 Å². The molecule has 479 valence electrons. The Morgan fingerprint density at radius 1 is 0.253 bits per heavy atom. The molecular weight excluding hydrogens is 1750 g/mol. The first-order valence-corrected chi connectivity index (χ1v) is 28.6. The van der Waals surface area contributed by atoms with Gasteiger partial charge in [-0.05, 0) is 77.0 Å². The van der Waals surface area contributed by atoms with E-state index in [0.29, 0.717) is 75.2 Å². The second-order valence-corrected chi connectivity index (χ2v) is 25.3. The van der Waals surface area contributed by atoms with E-state index in [2.05, 4.69) is 13.8 Å². The Hall–Kier alpha value is 4.98. The maximum absolute atomic E-state index is 7.97. The molecule has 3 radical (unpaired) electrons. The van der Waals surface area contributed by atoms with Crippen LogP contribution in [0.25, 0.3) is 22.9 Å². The Bertz CT molecular complexity index is 1140. The molecule has 12 fully saturated rings. The maximum atomic E-state index is 7.97. The molecule has 12 rings (SSSR count). The molecule has 10 nitrogen and oxygen atoms in total. The van der Waals surface area contributed by atoms with Gasteiger partial charge in [-0.2, -0.15) is 11.8 Å². The summed E-state index contributed by atoms with van der Waals surface area (Å²) in [5, 5.41) is 0. The fourth-order valence-corrected chi connectivity index (χ4v) is 18.1. The molecule has 16 N–H and O–H groups in total. The molecule has 12 aliphatic rings. The van der Waals surface area contributed by atoms with Gasteiger partial charge in [0.1, 0.15) is 0 Å². The monoisotopic (exact) mass is 1880 g/mol. The first kappa shape index (κ1) is 97.6. The molecule has 0 aromatic heterocycles. The van der Waals surface area contributed by atoms with Crippen molar-refractivity contribution in [2.45, 2.75) is 321 Å². The van der Waals surface area contributed by atoms with E-state index < -0.39 is 0 Å². The van der Waals surface area contributed by atoms with Crippen molar-refractivity contribution >= 4 is 0 Å². The fraction of sp³-hybridized carbons (Fsp3) is 0.921. The van der Waals surface area contributed by atoms with Crippen LogP contribution in [0.2, 0.25) is 0 Å². The second-order valence-electron chi connectivity index (χ2n) is 25.3. The molecule has 0 amide bonds. The summed E-state index contributed by atoms with van der Waals surface area (Å²) in [5.41, 5.74) is 70.2. The molecule has 0 aromatic carbocycles. The standard InChI is InChI=1S/2C10H17N.3C9H18N2.C9H16N2.4CH4.3CH3.3Pt.3Y/c2*1-8-4-2-6-10(8)7-3-5-9(10)11;4*10-7-3-1-5-9(7)6-2-4-8(9)11;;;;;;;;;;;;;/h2*8-9,11H,1-7H2;3*7-8H,1-6,10-11H2;7-8,10-11H,1-6H2;4*1H4;3*1H3;;;;;;/q2*-2;;;;-2;;;;;3*-1;;;;;;/t8-,9-,10-;;7-,8+,9?;7-,8-,9?;;7-,8+,9?;;;;;;;;;;;;;/m0..0.............../s1. The molecule has 0 saturated heterocycles. The van der Waals surface area contributed by atoms with Crippen molar-refractivity contribution in [2.24, 2.45) is 78.7 Å². The van der Waals surface area contributed by atoms with Gasteiger partial charge in [-0.25, -0.2) is 0 Å². The number of hydrogen-bond donors (Lipinski definition) is 6. The maximum Gasteiger partial charge on any atom is 0.0110 e. The van der Waals surface area contributed by atoms with Gasteiger partial charge in [0.25, 0.3) is 0 Å². The summed E-state index contributed by atoms with van der Waals surface area (Å²) in [4.78, 5) is 0. The van der Waals surface area contributed by atoms with Crippen molar-refractivity contribution < 1.29 is 161 Å². The number of rotatable bonds is 0. The molecule has 7 unspecified atom stereocenters. The molecular formula is C63H129N10Pt3Y3-9. The van der Waals surface area contributed by atoms with Crippen molar-refractivity contribution in [1.82, 2.24) is 0 Å². The minimum atomic E-state index is 0. The summed E-state index contributed by atoms with van der Waals surface area (Å²) >= 11 is 0. The Balaban J connectivity index is -0.000000152. The van der Waals surface area contributed by atoms with Gasteiger partial charge >= 0.3 is 0 Å². The Morgan fingerprint density at radius 3 is 0.519 bits per heavy atom. The average molecular weight is 1880 g/mol. The third-order valence-corrected chi connectivity index (χ3v) is 22.7. The number of nitrogens with one attached hydrogen (secondary N) is 4. The van der Waals surface area contributed by atoms with E-state index in [4.69, 9.17) is 57.3 Å². The van der Waals surface area contributed by atoms with Gasteiger partial charge in [0.05, 0.1) is 0 Å². The molecule has 12 aliphatic carbocycles. The largest absolute Gasteiger partial charge is 0.674 e. The minimum Gasteiger partial charge on any atom is -0.674 e. The fourth-order valence-electron chi connectivity index (χ4n) is 18.1. The van der Waals surface area contributed by atoms with Gasteiger partial charge in [-0.3, -0.25) is 0 Å². The van der Waals surface area contributed by atoms with Crippen LogP contribution >= 0.6 is 0 Å². The number of hydrogen-bond acceptors (Lipinski definition) is 6. The second kappa shape index (κ2) is 43.7. The first-order chi connectivity index (χ1) is 31.5. The molecule has 16 heteroatoms. The van der Waals surface area contributed by atoms with Crippen molar-refractivity contribution in [3.8, 4) is 0 Å². The van der Waals surface area contributed by atoms with Crippen LogP contribution in [-0.4, -0.2) is 60.4 Å². The van der Waals surface area contributed by atoms with Crippen molar-refractivity contribution in [2.75, 3.05) is 0 Å². The summed E-state index contributed by atoms with van der Waals surface area (Å²) in [6, 6.07) is 3.03. The first-order valence-electron chi connectivity index (χ1n) is 28.6. The summed E-state index contributed by atoms with van der Waals surface area (Å²) in [5.74, 6) is 1.18. The molecule has 0 aromatic rings. The quantitative estimate of drug-likeness (QED) is 0.129. The minimum absolute atomic E-state index is 0. The summed E-state index contributed by atoms with van der Waals surface area (Å²) in [6.45, 7) is 8.41. The third-order valence-electron chi connectivity index (χ3n) is 22.7. The van der Waals surface area contributed by atoms with Gasteiger partial charge in [0.2, 0.25) is 0 Å². The van der Waals surface area contributed by atoms with Crippen molar-refractivity contribution in [3.05, 3.63) is 59.1 Å². The summed E-state index contributed by atoms with van der Waals surface area (Å²) in [6.07, 6.45) is 44.7. The van der Waals surface area contributed by atoms with Gasteiger partial charge in [-0.15, -0.1) is 24.2 Å². The van der Waals surface area contributed by atoms with E-state index in [1.165, 1.54) is 193 Å². The topological polar surface area (TPSA) is 251 Å². The van der Waals surface area contributed by atoms with E-state index in [9.17, 15) is 0 Å². The molecule has 79 heavy (non-hydrogen) atoms. The van der Waals surface area contributed by atoms with Gasteiger partial charge in [-0.1, -0.05) is 200 Å². The summed E-state index contributed by atoms with van der Waals surface area (Å²) < 4.78 is 0. The van der Waals surface area contributed by atoms with E-state index in [-0.39, 0.29) is 243 Å².